The smallest absolute Gasteiger partial charge is 0.289 e. The molecule has 162 valence electrons. The molecule has 2 amide bonds. The Kier molecular flexibility index (Phi) is 6.42. The van der Waals surface area contributed by atoms with Crippen molar-refractivity contribution in [3.63, 3.8) is 0 Å². The maximum absolute atomic E-state index is 12.3. The molecule has 0 unspecified atom stereocenters. The van der Waals surface area contributed by atoms with Crippen LogP contribution in [-0.4, -0.2) is 40.2 Å². The molecule has 0 spiro atoms. The number of aromatic nitrogens is 3. The lowest BCUT2D eigenvalue weighted by molar-refractivity contribution is -0.120. The van der Waals surface area contributed by atoms with Gasteiger partial charge in [0, 0.05) is 22.8 Å². The highest BCUT2D eigenvalue weighted by Gasteiger charge is 2.14. The molecule has 3 N–H and O–H groups in total. The lowest BCUT2D eigenvalue weighted by Crippen LogP contribution is -2.44. The SMILES string of the molecule is COc1ccc(NCC(=O)NNC(=O)c2csc(-c3cnn(-c4ccccc4)c3)n2)cc1. The molecule has 0 atom stereocenters. The molecule has 0 saturated heterocycles. The van der Waals surface area contributed by atoms with E-state index in [0.717, 1.165) is 22.7 Å². The van der Waals surface area contributed by atoms with Crippen LogP contribution in [0.3, 0.4) is 0 Å². The number of hydrogen-bond acceptors (Lipinski definition) is 7. The van der Waals surface area contributed by atoms with Crippen molar-refractivity contribution in [1.29, 1.82) is 0 Å². The van der Waals surface area contributed by atoms with Gasteiger partial charge in [-0.1, -0.05) is 18.2 Å². The van der Waals surface area contributed by atoms with Crippen LogP contribution in [0.15, 0.2) is 72.4 Å². The molecule has 0 fully saturated rings. The number of hydrazine groups is 1. The molecule has 9 nitrogen and oxygen atoms in total. The van der Waals surface area contributed by atoms with Gasteiger partial charge in [0.2, 0.25) is 0 Å². The monoisotopic (exact) mass is 448 g/mol. The van der Waals surface area contributed by atoms with Crippen LogP contribution >= 0.6 is 11.3 Å². The first-order valence-corrected chi connectivity index (χ1v) is 10.5. The Morgan fingerprint density at radius 2 is 1.84 bits per heavy atom. The summed E-state index contributed by atoms with van der Waals surface area (Å²) in [4.78, 5) is 28.7. The highest BCUT2D eigenvalue weighted by atomic mass is 32.1. The summed E-state index contributed by atoms with van der Waals surface area (Å²) in [7, 11) is 1.58. The number of rotatable bonds is 7. The van der Waals surface area contributed by atoms with Crippen molar-refractivity contribution >= 4 is 28.8 Å². The maximum Gasteiger partial charge on any atom is 0.289 e. The van der Waals surface area contributed by atoms with Gasteiger partial charge >= 0.3 is 0 Å². The van der Waals surface area contributed by atoms with Crippen molar-refractivity contribution in [2.75, 3.05) is 19.0 Å². The van der Waals surface area contributed by atoms with Gasteiger partial charge in [-0.2, -0.15) is 5.10 Å². The summed E-state index contributed by atoms with van der Waals surface area (Å²) >= 11 is 1.32. The van der Waals surface area contributed by atoms with E-state index < -0.39 is 11.8 Å². The predicted molar refractivity (Wildman–Crippen MR) is 122 cm³/mol. The number of anilines is 1. The number of carbonyl (C=O) groups excluding carboxylic acids is 2. The lowest BCUT2D eigenvalue weighted by atomic mass is 10.3. The fraction of sp³-hybridized carbons (Fsp3) is 0.0909. The van der Waals surface area contributed by atoms with Crippen molar-refractivity contribution in [2.45, 2.75) is 0 Å². The number of para-hydroxylation sites is 1. The first kappa shape index (κ1) is 21.1. The van der Waals surface area contributed by atoms with E-state index in [1.54, 1.807) is 47.6 Å². The topological polar surface area (TPSA) is 110 Å². The molecule has 4 rings (SSSR count). The third-order valence-electron chi connectivity index (χ3n) is 4.45. The first-order chi connectivity index (χ1) is 15.6. The third-order valence-corrected chi connectivity index (χ3v) is 5.34. The van der Waals surface area contributed by atoms with E-state index in [-0.39, 0.29) is 12.2 Å². The summed E-state index contributed by atoms with van der Waals surface area (Å²) < 4.78 is 6.83. The van der Waals surface area contributed by atoms with Crippen LogP contribution in [-0.2, 0) is 4.79 Å². The van der Waals surface area contributed by atoms with Gasteiger partial charge in [0.25, 0.3) is 11.8 Å². The largest absolute Gasteiger partial charge is 0.497 e. The minimum Gasteiger partial charge on any atom is -0.497 e. The fourth-order valence-electron chi connectivity index (χ4n) is 2.79. The van der Waals surface area contributed by atoms with Gasteiger partial charge < -0.3 is 10.1 Å². The zero-order valence-electron chi connectivity index (χ0n) is 17.1. The normalized spacial score (nSPS) is 10.4. The summed E-state index contributed by atoms with van der Waals surface area (Å²) in [6, 6.07) is 16.9. The molecule has 10 heteroatoms. The molecule has 0 bridgehead atoms. The highest BCUT2D eigenvalue weighted by molar-refractivity contribution is 7.13. The van der Waals surface area contributed by atoms with Gasteiger partial charge in [0.1, 0.15) is 16.5 Å². The van der Waals surface area contributed by atoms with Crippen LogP contribution in [0.5, 0.6) is 5.75 Å². The van der Waals surface area contributed by atoms with E-state index in [2.05, 4.69) is 26.3 Å². The number of amides is 2. The molecule has 0 aliphatic carbocycles. The van der Waals surface area contributed by atoms with Gasteiger partial charge in [-0.3, -0.25) is 20.4 Å². The van der Waals surface area contributed by atoms with Gasteiger partial charge in [-0.15, -0.1) is 11.3 Å². The molecular formula is C22H20N6O3S. The second-order valence-electron chi connectivity index (χ2n) is 6.63. The Bertz CT molecular complexity index is 1200. The number of nitrogens with one attached hydrogen (secondary N) is 3. The zero-order valence-corrected chi connectivity index (χ0v) is 17.9. The van der Waals surface area contributed by atoms with Crippen LogP contribution < -0.4 is 20.9 Å². The van der Waals surface area contributed by atoms with E-state index >= 15 is 0 Å². The molecule has 2 heterocycles. The first-order valence-electron chi connectivity index (χ1n) is 9.65. The third kappa shape index (κ3) is 5.10. The second-order valence-corrected chi connectivity index (χ2v) is 7.49. The number of benzene rings is 2. The van der Waals surface area contributed by atoms with Gasteiger partial charge in [0.05, 0.1) is 25.5 Å². The number of nitrogens with zero attached hydrogens (tertiary/aromatic N) is 3. The Balaban J connectivity index is 1.29. The Labute approximate surface area is 188 Å². The van der Waals surface area contributed by atoms with E-state index in [0.29, 0.717) is 5.01 Å². The summed E-state index contributed by atoms with van der Waals surface area (Å²) in [5, 5.41) is 9.59. The van der Waals surface area contributed by atoms with Crippen LogP contribution in [0.2, 0.25) is 0 Å². The van der Waals surface area contributed by atoms with Crippen LogP contribution in [0.4, 0.5) is 5.69 Å². The lowest BCUT2D eigenvalue weighted by Gasteiger charge is -2.08. The molecular weight excluding hydrogens is 428 g/mol. The van der Waals surface area contributed by atoms with Gasteiger partial charge in [-0.05, 0) is 36.4 Å². The van der Waals surface area contributed by atoms with Crippen molar-refractivity contribution in [3.05, 3.63) is 78.1 Å². The van der Waals surface area contributed by atoms with Crippen LogP contribution in [0.25, 0.3) is 16.3 Å². The van der Waals surface area contributed by atoms with E-state index in [1.165, 1.54) is 11.3 Å². The molecule has 2 aromatic carbocycles. The number of hydrogen-bond donors (Lipinski definition) is 3. The summed E-state index contributed by atoms with van der Waals surface area (Å²) in [5.41, 5.74) is 7.44. The Morgan fingerprint density at radius 3 is 2.59 bits per heavy atom. The molecule has 32 heavy (non-hydrogen) atoms. The molecule has 0 aliphatic heterocycles. The van der Waals surface area contributed by atoms with Crippen molar-refractivity contribution in [2.24, 2.45) is 0 Å². The average molecular weight is 449 g/mol. The Hall–Kier alpha value is -4.18. The predicted octanol–water partition coefficient (Wildman–Crippen LogP) is 2.88. The fourth-order valence-corrected chi connectivity index (χ4v) is 3.57. The van der Waals surface area contributed by atoms with Crippen molar-refractivity contribution in [3.8, 4) is 22.0 Å². The highest BCUT2D eigenvalue weighted by Crippen LogP contribution is 2.24. The second kappa shape index (κ2) is 9.75. The average Bonchev–Trinajstić information content (AvgIpc) is 3.52. The zero-order chi connectivity index (χ0) is 22.3. The number of carbonyl (C=O) groups is 2. The van der Waals surface area contributed by atoms with Gasteiger partial charge in [0.15, 0.2) is 0 Å². The summed E-state index contributed by atoms with van der Waals surface area (Å²) in [6.07, 6.45) is 3.54. The minimum absolute atomic E-state index is 0.00635. The Morgan fingerprint density at radius 1 is 1.06 bits per heavy atom. The maximum atomic E-state index is 12.3. The molecule has 2 aromatic heterocycles. The summed E-state index contributed by atoms with van der Waals surface area (Å²) in [5.74, 6) is -0.170. The quantitative estimate of drug-likeness (QED) is 0.375. The van der Waals surface area contributed by atoms with Gasteiger partial charge in [-0.25, -0.2) is 9.67 Å². The molecule has 0 aliphatic rings. The van der Waals surface area contributed by atoms with E-state index in [4.69, 9.17) is 4.74 Å². The van der Waals surface area contributed by atoms with Crippen LogP contribution in [0, 0.1) is 0 Å². The molecule has 0 saturated carbocycles. The summed E-state index contributed by atoms with van der Waals surface area (Å²) in [6.45, 7) is -0.00635. The number of ether oxygens (including phenoxy) is 1. The van der Waals surface area contributed by atoms with Crippen molar-refractivity contribution in [1.82, 2.24) is 25.6 Å². The number of methoxy groups -OCH3 is 1. The minimum atomic E-state index is -0.499. The molecule has 0 radical (unpaired) electrons. The number of thiazole rings is 1. The molecule has 4 aromatic rings. The van der Waals surface area contributed by atoms with E-state index in [1.807, 2.05) is 36.5 Å². The standard InChI is InChI=1S/C22H20N6O3S/c1-31-18-9-7-16(8-10-18)23-12-20(29)26-27-21(30)19-14-32-22(25-19)15-11-24-28(13-15)17-5-3-2-4-6-17/h2-11,13-14,23H,12H2,1H3,(H,26,29)(H,27,30). The van der Waals surface area contributed by atoms with Crippen LogP contribution in [0.1, 0.15) is 10.5 Å². The van der Waals surface area contributed by atoms with E-state index in [9.17, 15) is 9.59 Å². The van der Waals surface area contributed by atoms with Crippen molar-refractivity contribution < 1.29 is 14.3 Å².